The third-order valence-corrected chi connectivity index (χ3v) is 10.3. The lowest BCUT2D eigenvalue weighted by atomic mass is 9.70. The Kier molecular flexibility index (Phi) is 10.4. The van der Waals surface area contributed by atoms with Crippen molar-refractivity contribution in [3.63, 3.8) is 0 Å². The second-order valence-corrected chi connectivity index (χ2v) is 13.6. The molecule has 0 aliphatic rings. The van der Waals surface area contributed by atoms with Crippen LogP contribution in [0.2, 0.25) is 6.82 Å². The van der Waals surface area contributed by atoms with Crippen molar-refractivity contribution in [1.29, 1.82) is 0 Å². The summed E-state index contributed by atoms with van der Waals surface area (Å²) >= 11 is 1.68. The molecule has 0 bridgehead atoms. The molecule has 0 spiro atoms. The van der Waals surface area contributed by atoms with Crippen LogP contribution in [0.5, 0.6) is 0 Å². The van der Waals surface area contributed by atoms with Crippen LogP contribution in [0.4, 0.5) is 0 Å². The fourth-order valence-electron chi connectivity index (χ4n) is 6.57. The summed E-state index contributed by atoms with van der Waals surface area (Å²) < 4.78 is 3.35. The third-order valence-electron chi connectivity index (χ3n) is 9.17. The van der Waals surface area contributed by atoms with Gasteiger partial charge in [-0.25, -0.2) is 19.9 Å². The summed E-state index contributed by atoms with van der Waals surface area (Å²) in [5, 5.41) is 0.961. The highest BCUT2D eigenvalue weighted by Gasteiger charge is 2.19. The molecule has 3 aromatic heterocycles. The lowest BCUT2D eigenvalue weighted by Crippen LogP contribution is -2.16. The lowest BCUT2D eigenvalue weighted by Gasteiger charge is -2.11. The molecule has 7 aromatic rings. The minimum atomic E-state index is 0.613. The molecule has 0 unspecified atom stereocenters. The highest BCUT2D eigenvalue weighted by Crippen LogP contribution is 2.35. The number of aromatic nitrogens is 5. The summed E-state index contributed by atoms with van der Waals surface area (Å²) in [6, 6.07) is 35.0. The second-order valence-electron chi connectivity index (χ2n) is 12.6. The lowest BCUT2D eigenvalue weighted by molar-refractivity contribution is 1.04. The van der Waals surface area contributed by atoms with Crippen molar-refractivity contribution in [1.82, 2.24) is 24.5 Å². The standard InChI is InChI=1S/C46H39BN5S/c1-7-17-37(9-3)52-31(5)38(42(47-6)40(52)18-8-2)27-30(4)34-23-16-24-36(28-34)46-48-39-29-35(25-26-41(39)53-46)45-50-43(32-19-12-10-13-20-32)49-44(51-45)33-21-14-11-15-22-33/h7-29H,1,3H2,2,4-6H3/b18-8-,30-27+,37-17+. The summed E-state index contributed by atoms with van der Waals surface area (Å²) in [5.41, 5.74) is 12.7. The zero-order valence-corrected chi connectivity index (χ0v) is 31.2. The molecular formula is C46H39BN5S. The fourth-order valence-corrected chi connectivity index (χ4v) is 7.52. The zero-order valence-electron chi connectivity index (χ0n) is 30.4. The number of fused-ring (bicyclic) bond motifs is 1. The van der Waals surface area contributed by atoms with E-state index in [9.17, 15) is 0 Å². The molecule has 7 rings (SSSR count). The van der Waals surface area contributed by atoms with Gasteiger partial charge in [-0.05, 0) is 80.0 Å². The first-order valence-electron chi connectivity index (χ1n) is 17.6. The van der Waals surface area contributed by atoms with Crippen LogP contribution in [-0.2, 0) is 0 Å². The smallest absolute Gasteiger partial charge is 0.164 e. The predicted molar refractivity (Wildman–Crippen MR) is 228 cm³/mol. The highest BCUT2D eigenvalue weighted by atomic mass is 32.1. The maximum atomic E-state index is 5.13. The van der Waals surface area contributed by atoms with Gasteiger partial charge in [-0.15, -0.1) is 11.3 Å². The fraction of sp³-hybridized carbons (Fsp3) is 0.0870. The van der Waals surface area contributed by atoms with E-state index in [1.807, 2.05) is 79.7 Å². The number of thiazole rings is 1. The van der Waals surface area contributed by atoms with Gasteiger partial charge in [-0.2, -0.15) is 0 Å². The van der Waals surface area contributed by atoms with Crippen LogP contribution < -0.4 is 5.46 Å². The van der Waals surface area contributed by atoms with Crippen molar-refractivity contribution in [3.05, 3.63) is 163 Å². The Balaban J connectivity index is 1.25. The molecule has 7 heteroatoms. The first-order chi connectivity index (χ1) is 25.9. The number of hydrogen-bond acceptors (Lipinski definition) is 5. The number of benzene rings is 4. The maximum Gasteiger partial charge on any atom is 0.164 e. The van der Waals surface area contributed by atoms with Crippen molar-refractivity contribution in [2.75, 3.05) is 0 Å². The van der Waals surface area contributed by atoms with E-state index in [4.69, 9.17) is 19.9 Å². The average molecular weight is 705 g/mol. The van der Waals surface area contributed by atoms with Gasteiger partial charge in [-0.1, -0.05) is 123 Å². The van der Waals surface area contributed by atoms with E-state index in [0.29, 0.717) is 17.5 Å². The number of nitrogens with zero attached hydrogens (tertiary/aromatic N) is 5. The largest absolute Gasteiger partial charge is 0.315 e. The van der Waals surface area contributed by atoms with E-state index in [1.54, 1.807) is 17.4 Å². The summed E-state index contributed by atoms with van der Waals surface area (Å²) in [4.78, 5) is 19.8. The van der Waals surface area contributed by atoms with E-state index in [2.05, 4.69) is 106 Å². The molecule has 3 heterocycles. The normalized spacial score (nSPS) is 12.1. The molecule has 0 saturated heterocycles. The van der Waals surface area contributed by atoms with Gasteiger partial charge in [0.25, 0.3) is 0 Å². The van der Waals surface area contributed by atoms with E-state index >= 15 is 0 Å². The topological polar surface area (TPSA) is 56.5 Å². The van der Waals surface area contributed by atoms with Crippen molar-refractivity contribution < 1.29 is 0 Å². The zero-order chi connectivity index (χ0) is 36.9. The van der Waals surface area contributed by atoms with Gasteiger partial charge >= 0.3 is 0 Å². The molecule has 0 amide bonds. The second kappa shape index (κ2) is 15.6. The van der Waals surface area contributed by atoms with Crippen LogP contribution >= 0.6 is 11.3 Å². The van der Waals surface area contributed by atoms with Crippen molar-refractivity contribution >= 4 is 57.7 Å². The van der Waals surface area contributed by atoms with Crippen LogP contribution in [-0.4, -0.2) is 31.8 Å². The Hall–Kier alpha value is -6.18. The van der Waals surface area contributed by atoms with Gasteiger partial charge in [0.15, 0.2) is 24.8 Å². The molecule has 5 nitrogen and oxygen atoms in total. The van der Waals surface area contributed by atoms with E-state index in [1.165, 1.54) is 11.0 Å². The van der Waals surface area contributed by atoms with Gasteiger partial charge in [0.2, 0.25) is 0 Å². The number of allylic oxidation sites excluding steroid dienone is 6. The van der Waals surface area contributed by atoms with Gasteiger partial charge in [0.05, 0.1) is 10.2 Å². The summed E-state index contributed by atoms with van der Waals surface area (Å²) in [6.07, 6.45) is 12.2. The van der Waals surface area contributed by atoms with Gasteiger partial charge in [0.1, 0.15) is 5.01 Å². The Morgan fingerprint density at radius 2 is 1.40 bits per heavy atom. The molecule has 4 aromatic carbocycles. The molecule has 257 valence electrons. The minimum absolute atomic E-state index is 0.613. The molecule has 0 N–H and O–H groups in total. The van der Waals surface area contributed by atoms with Crippen molar-refractivity contribution in [3.8, 4) is 44.7 Å². The Morgan fingerprint density at radius 1 is 0.755 bits per heavy atom. The third kappa shape index (κ3) is 7.17. The first kappa shape index (κ1) is 35.2. The summed E-state index contributed by atoms with van der Waals surface area (Å²) in [5.74, 6) is 1.89. The molecule has 1 radical (unpaired) electrons. The van der Waals surface area contributed by atoms with Crippen LogP contribution in [0.25, 0.3) is 78.4 Å². The number of rotatable bonds is 11. The van der Waals surface area contributed by atoms with Gasteiger partial charge < -0.3 is 4.57 Å². The number of hydrogen-bond donors (Lipinski definition) is 0. The van der Waals surface area contributed by atoms with E-state index in [-0.39, 0.29) is 0 Å². The van der Waals surface area contributed by atoms with Crippen molar-refractivity contribution in [2.45, 2.75) is 27.6 Å². The summed E-state index contributed by atoms with van der Waals surface area (Å²) in [6.45, 7) is 16.5. The Bertz CT molecular complexity index is 2500. The van der Waals surface area contributed by atoms with Crippen LogP contribution in [0.1, 0.15) is 36.4 Å². The van der Waals surface area contributed by atoms with Gasteiger partial charge in [-0.3, -0.25) is 0 Å². The monoisotopic (exact) mass is 704 g/mol. The Labute approximate surface area is 316 Å². The molecule has 0 atom stereocenters. The average Bonchev–Trinajstić information content (AvgIpc) is 3.75. The molecule has 0 saturated carbocycles. The van der Waals surface area contributed by atoms with Crippen LogP contribution in [0.15, 0.2) is 141 Å². The van der Waals surface area contributed by atoms with E-state index in [0.717, 1.165) is 65.7 Å². The quantitative estimate of drug-likeness (QED) is 0.0994. The SMILES string of the molecule is C=C/C=C(\C=C)n1c(C)c(/C=C(\C)c2cccc(-c3nc4cc(-c5nc(-c6ccccc6)nc(-c6ccccc6)n5)ccc4s3)c2)c([B]C)c1/C=C\C. The minimum Gasteiger partial charge on any atom is -0.315 e. The summed E-state index contributed by atoms with van der Waals surface area (Å²) in [7, 11) is 2.18. The first-order valence-corrected chi connectivity index (χ1v) is 18.4. The Morgan fingerprint density at radius 3 is 2.00 bits per heavy atom. The highest BCUT2D eigenvalue weighted by molar-refractivity contribution is 7.21. The molecule has 0 fully saturated rings. The van der Waals surface area contributed by atoms with Gasteiger partial charge in [0, 0.05) is 39.3 Å². The maximum absolute atomic E-state index is 5.13. The van der Waals surface area contributed by atoms with E-state index < -0.39 is 0 Å². The van der Waals surface area contributed by atoms with Crippen molar-refractivity contribution in [2.24, 2.45) is 0 Å². The molecule has 0 aliphatic heterocycles. The molecule has 0 aliphatic carbocycles. The van der Waals surface area contributed by atoms with Crippen LogP contribution in [0.3, 0.4) is 0 Å². The molecular weight excluding hydrogens is 665 g/mol. The van der Waals surface area contributed by atoms with Crippen LogP contribution in [0, 0.1) is 6.92 Å². The predicted octanol–water partition coefficient (Wildman–Crippen LogP) is 11.4. The molecule has 53 heavy (non-hydrogen) atoms.